The molecule has 1 aromatic rings. The van der Waals surface area contributed by atoms with Gasteiger partial charge in [-0.15, -0.1) is 0 Å². The zero-order valence-electron chi connectivity index (χ0n) is 8.60. The van der Waals surface area contributed by atoms with Crippen LogP contribution < -0.4 is 0 Å². The van der Waals surface area contributed by atoms with Crippen LogP contribution in [0.4, 0.5) is 0 Å². The maximum absolute atomic E-state index is 3.59. The fourth-order valence-corrected chi connectivity index (χ4v) is 1.85. The van der Waals surface area contributed by atoms with Gasteiger partial charge in [0.15, 0.2) is 0 Å². The van der Waals surface area contributed by atoms with Gasteiger partial charge in [0.05, 0.1) is 0 Å². The third-order valence-corrected chi connectivity index (χ3v) is 2.98. The molecule has 0 saturated carbocycles. The van der Waals surface area contributed by atoms with Crippen molar-refractivity contribution in [2.75, 3.05) is 0 Å². The highest BCUT2D eigenvalue weighted by molar-refractivity contribution is 9.09. The first-order chi connectivity index (χ1) is 6.19. The SMILES string of the molecule is CCc1ccc([C@H](C)Br)cc1CC. The Hall–Kier alpha value is -0.300. The zero-order valence-corrected chi connectivity index (χ0v) is 10.2. The lowest BCUT2D eigenvalue weighted by Gasteiger charge is -2.10. The molecule has 0 radical (unpaired) electrons. The molecule has 0 unspecified atom stereocenters. The van der Waals surface area contributed by atoms with E-state index in [9.17, 15) is 0 Å². The van der Waals surface area contributed by atoms with Gasteiger partial charge in [0.2, 0.25) is 0 Å². The highest BCUT2D eigenvalue weighted by Gasteiger charge is 2.04. The lowest BCUT2D eigenvalue weighted by Crippen LogP contribution is -1.93. The average molecular weight is 241 g/mol. The molecule has 0 aromatic heterocycles. The van der Waals surface area contributed by atoms with E-state index in [1.807, 2.05) is 0 Å². The van der Waals surface area contributed by atoms with Crippen LogP contribution in [0.2, 0.25) is 0 Å². The normalized spacial score (nSPS) is 12.9. The molecule has 0 amide bonds. The van der Waals surface area contributed by atoms with E-state index in [0.29, 0.717) is 4.83 Å². The predicted octanol–water partition coefficient (Wildman–Crippen LogP) is 4.27. The molecule has 1 atom stereocenters. The van der Waals surface area contributed by atoms with Crippen LogP contribution in [0.15, 0.2) is 18.2 Å². The number of halogens is 1. The van der Waals surface area contributed by atoms with Crippen LogP contribution in [0.3, 0.4) is 0 Å². The molecule has 13 heavy (non-hydrogen) atoms. The van der Waals surface area contributed by atoms with E-state index in [4.69, 9.17) is 0 Å². The fraction of sp³-hybridized carbons (Fsp3) is 0.500. The van der Waals surface area contributed by atoms with Crippen molar-refractivity contribution in [1.82, 2.24) is 0 Å². The lowest BCUT2D eigenvalue weighted by atomic mass is 9.99. The van der Waals surface area contributed by atoms with Crippen molar-refractivity contribution in [1.29, 1.82) is 0 Å². The van der Waals surface area contributed by atoms with Crippen molar-refractivity contribution >= 4 is 15.9 Å². The Morgan fingerprint density at radius 1 is 1.15 bits per heavy atom. The van der Waals surface area contributed by atoms with Crippen LogP contribution in [0.25, 0.3) is 0 Å². The van der Waals surface area contributed by atoms with Crippen LogP contribution in [0.1, 0.15) is 42.3 Å². The first-order valence-electron chi connectivity index (χ1n) is 4.94. The summed E-state index contributed by atoms with van der Waals surface area (Å²) in [6, 6.07) is 6.79. The highest BCUT2D eigenvalue weighted by atomic mass is 79.9. The monoisotopic (exact) mass is 240 g/mol. The second kappa shape index (κ2) is 4.80. The molecule has 72 valence electrons. The molecular weight excluding hydrogens is 224 g/mol. The molecule has 0 spiro atoms. The van der Waals surface area contributed by atoms with Gasteiger partial charge < -0.3 is 0 Å². The third-order valence-electron chi connectivity index (χ3n) is 2.45. The Bertz CT molecular complexity index is 276. The Morgan fingerprint density at radius 3 is 2.23 bits per heavy atom. The summed E-state index contributed by atoms with van der Waals surface area (Å²) in [4.78, 5) is 0.462. The number of alkyl halides is 1. The topological polar surface area (TPSA) is 0 Å². The Labute approximate surface area is 89.5 Å². The van der Waals surface area contributed by atoms with Gasteiger partial charge in [0.25, 0.3) is 0 Å². The largest absolute Gasteiger partial charge is 0.0842 e. The minimum absolute atomic E-state index is 0.462. The molecule has 0 saturated heterocycles. The van der Waals surface area contributed by atoms with E-state index < -0.39 is 0 Å². The molecule has 1 rings (SSSR count). The smallest absolute Gasteiger partial charge is 0.0367 e. The third kappa shape index (κ3) is 2.57. The molecule has 0 nitrogen and oxygen atoms in total. The number of hydrogen-bond donors (Lipinski definition) is 0. The van der Waals surface area contributed by atoms with Gasteiger partial charge in [-0.05, 0) is 36.5 Å². The Balaban J connectivity index is 3.05. The molecule has 1 heteroatoms. The van der Waals surface area contributed by atoms with E-state index in [-0.39, 0.29) is 0 Å². The first-order valence-corrected chi connectivity index (χ1v) is 5.86. The van der Waals surface area contributed by atoms with Crippen LogP contribution in [0, 0.1) is 0 Å². The summed E-state index contributed by atoms with van der Waals surface area (Å²) in [6.07, 6.45) is 2.27. The summed E-state index contributed by atoms with van der Waals surface area (Å²) in [5.74, 6) is 0. The minimum Gasteiger partial charge on any atom is -0.0842 e. The Kier molecular flexibility index (Phi) is 3.98. The van der Waals surface area contributed by atoms with E-state index in [1.165, 1.54) is 16.7 Å². The van der Waals surface area contributed by atoms with E-state index in [1.54, 1.807) is 0 Å². The summed E-state index contributed by atoms with van der Waals surface area (Å²) < 4.78 is 0. The molecule has 0 aliphatic rings. The number of aryl methyl sites for hydroxylation is 2. The molecule has 1 aromatic carbocycles. The fourth-order valence-electron chi connectivity index (χ4n) is 1.57. The van der Waals surface area contributed by atoms with Gasteiger partial charge in [-0.1, -0.05) is 48.0 Å². The van der Waals surface area contributed by atoms with E-state index in [2.05, 4.69) is 54.9 Å². The maximum Gasteiger partial charge on any atom is 0.0367 e. The standard InChI is InChI=1S/C12H17Br/c1-4-10-6-7-12(9(3)13)8-11(10)5-2/h6-9H,4-5H2,1-3H3/t9-/m0/s1. The van der Waals surface area contributed by atoms with Gasteiger partial charge in [0.1, 0.15) is 0 Å². The van der Waals surface area contributed by atoms with Crippen molar-refractivity contribution in [2.45, 2.75) is 38.4 Å². The van der Waals surface area contributed by atoms with Crippen molar-refractivity contribution in [3.05, 3.63) is 34.9 Å². The molecule has 0 heterocycles. The minimum atomic E-state index is 0.462. The summed E-state index contributed by atoms with van der Waals surface area (Å²) >= 11 is 3.59. The van der Waals surface area contributed by atoms with Crippen LogP contribution in [-0.4, -0.2) is 0 Å². The van der Waals surface area contributed by atoms with Gasteiger partial charge in [-0.2, -0.15) is 0 Å². The lowest BCUT2D eigenvalue weighted by molar-refractivity contribution is 1.01. The van der Waals surface area contributed by atoms with Crippen LogP contribution >= 0.6 is 15.9 Å². The number of benzene rings is 1. The summed E-state index contributed by atoms with van der Waals surface area (Å²) in [5.41, 5.74) is 4.36. The molecule has 0 fully saturated rings. The second-order valence-electron chi connectivity index (χ2n) is 3.35. The van der Waals surface area contributed by atoms with Crippen LogP contribution in [-0.2, 0) is 12.8 Å². The van der Waals surface area contributed by atoms with Gasteiger partial charge >= 0.3 is 0 Å². The van der Waals surface area contributed by atoms with Crippen molar-refractivity contribution in [3.63, 3.8) is 0 Å². The molecular formula is C12H17Br. The Morgan fingerprint density at radius 2 is 1.77 bits per heavy atom. The summed E-state index contributed by atoms with van der Waals surface area (Å²) in [6.45, 7) is 6.60. The summed E-state index contributed by atoms with van der Waals surface area (Å²) in [7, 11) is 0. The molecule has 0 bridgehead atoms. The molecule has 0 N–H and O–H groups in total. The van der Waals surface area contributed by atoms with Gasteiger partial charge in [-0.3, -0.25) is 0 Å². The zero-order chi connectivity index (χ0) is 9.84. The van der Waals surface area contributed by atoms with Crippen molar-refractivity contribution in [2.24, 2.45) is 0 Å². The quantitative estimate of drug-likeness (QED) is 0.693. The molecule has 0 aliphatic heterocycles. The van der Waals surface area contributed by atoms with E-state index in [0.717, 1.165) is 12.8 Å². The molecule has 0 aliphatic carbocycles. The number of rotatable bonds is 3. The number of hydrogen-bond acceptors (Lipinski definition) is 0. The van der Waals surface area contributed by atoms with E-state index >= 15 is 0 Å². The van der Waals surface area contributed by atoms with Crippen molar-refractivity contribution in [3.8, 4) is 0 Å². The van der Waals surface area contributed by atoms with Gasteiger partial charge in [0, 0.05) is 4.83 Å². The average Bonchev–Trinajstić information content (AvgIpc) is 2.16. The van der Waals surface area contributed by atoms with Crippen LogP contribution in [0.5, 0.6) is 0 Å². The second-order valence-corrected chi connectivity index (χ2v) is 4.72. The highest BCUT2D eigenvalue weighted by Crippen LogP contribution is 2.24. The predicted molar refractivity (Wildman–Crippen MR) is 62.5 cm³/mol. The maximum atomic E-state index is 3.59. The van der Waals surface area contributed by atoms with Crippen molar-refractivity contribution < 1.29 is 0 Å². The van der Waals surface area contributed by atoms with Gasteiger partial charge in [-0.25, -0.2) is 0 Å². The first kappa shape index (κ1) is 10.8. The summed E-state index contributed by atoms with van der Waals surface area (Å²) in [5, 5.41) is 0.